The van der Waals surface area contributed by atoms with Crippen molar-refractivity contribution in [3.8, 4) is 11.3 Å². The molecule has 0 aliphatic carbocycles. The van der Waals surface area contributed by atoms with Crippen LogP contribution in [0.1, 0.15) is 32.8 Å². The van der Waals surface area contributed by atoms with Crippen LogP contribution in [0.4, 0.5) is 27.8 Å². The molecule has 4 nitrogen and oxygen atoms in total. The topological polar surface area (TPSA) is 46.4 Å². The Morgan fingerprint density at radius 1 is 1.07 bits per heavy atom. The van der Waals surface area contributed by atoms with Gasteiger partial charge in [0, 0.05) is 18.2 Å². The number of halogens is 5. The number of hydrogen-bond donors (Lipinski definition) is 1. The molecule has 1 aromatic carbocycles. The minimum absolute atomic E-state index is 0.0493. The number of alkyl halides is 3. The molecule has 1 amide bonds. The van der Waals surface area contributed by atoms with E-state index < -0.39 is 29.3 Å². The molecule has 2 aromatic heterocycles. The molecule has 0 unspecified atom stereocenters. The molecule has 0 aliphatic heterocycles. The van der Waals surface area contributed by atoms with Gasteiger partial charge in [0.2, 0.25) is 5.91 Å². The zero-order chi connectivity index (χ0) is 21.6. The predicted octanol–water partition coefficient (Wildman–Crippen LogP) is 5.67. The van der Waals surface area contributed by atoms with Crippen LogP contribution >= 0.6 is 0 Å². The van der Waals surface area contributed by atoms with E-state index in [1.54, 1.807) is 0 Å². The molecule has 0 aliphatic rings. The van der Waals surface area contributed by atoms with Crippen molar-refractivity contribution in [2.75, 3.05) is 5.32 Å². The van der Waals surface area contributed by atoms with E-state index in [0.29, 0.717) is 6.07 Å². The highest BCUT2D eigenvalue weighted by molar-refractivity contribution is 5.94. The van der Waals surface area contributed by atoms with E-state index in [4.69, 9.17) is 0 Å². The second-order valence-electron chi connectivity index (χ2n) is 7.90. The molecular formula is C20H18F5N3O. The molecule has 1 N–H and O–H groups in total. The minimum atomic E-state index is -4.78. The van der Waals surface area contributed by atoms with Crippen LogP contribution in [0.2, 0.25) is 0 Å². The summed E-state index contributed by atoms with van der Waals surface area (Å²) in [7, 11) is 0. The van der Waals surface area contributed by atoms with E-state index in [1.807, 2.05) is 20.8 Å². The maximum atomic E-state index is 14.0. The number of pyridine rings is 1. The Hall–Kier alpha value is -2.97. The summed E-state index contributed by atoms with van der Waals surface area (Å²) in [6.07, 6.45) is -3.65. The van der Waals surface area contributed by atoms with Gasteiger partial charge in [0.05, 0.1) is 11.3 Å². The van der Waals surface area contributed by atoms with Crippen molar-refractivity contribution in [2.24, 2.45) is 5.41 Å². The standard InChI is InChI=1S/C20H18F5N3O/c1-19(2,3)9-16(29)27-18-17(28-10-13(21)4-5-15(28)26-18)11-6-12(20(23,24)25)8-14(22)7-11/h4-8,10H,9H2,1-3H3,(H,27,29). The van der Waals surface area contributed by atoms with Gasteiger partial charge in [-0.15, -0.1) is 0 Å². The number of rotatable bonds is 3. The third-order valence-electron chi connectivity index (χ3n) is 4.03. The Morgan fingerprint density at radius 2 is 1.76 bits per heavy atom. The molecule has 0 fully saturated rings. The lowest BCUT2D eigenvalue weighted by Gasteiger charge is -2.17. The molecule has 9 heteroatoms. The van der Waals surface area contributed by atoms with Crippen molar-refractivity contribution < 1.29 is 26.7 Å². The number of fused-ring (bicyclic) bond motifs is 1. The van der Waals surface area contributed by atoms with Crippen LogP contribution in [0, 0.1) is 17.0 Å². The second kappa shape index (κ2) is 7.13. The average Bonchev–Trinajstić information content (AvgIpc) is 2.88. The first-order valence-electron chi connectivity index (χ1n) is 8.69. The molecule has 0 saturated heterocycles. The number of imidazole rings is 1. The molecule has 3 aromatic rings. The third-order valence-corrected chi connectivity index (χ3v) is 4.03. The molecule has 154 valence electrons. The van der Waals surface area contributed by atoms with Crippen molar-refractivity contribution in [3.05, 3.63) is 53.7 Å². The highest BCUT2D eigenvalue weighted by Crippen LogP contribution is 2.36. The number of carbonyl (C=O) groups is 1. The van der Waals surface area contributed by atoms with Gasteiger partial charge < -0.3 is 5.32 Å². The summed E-state index contributed by atoms with van der Waals surface area (Å²) in [6.45, 7) is 5.53. The minimum Gasteiger partial charge on any atom is -0.309 e. The van der Waals surface area contributed by atoms with Gasteiger partial charge in [-0.2, -0.15) is 13.2 Å². The van der Waals surface area contributed by atoms with Crippen LogP contribution < -0.4 is 5.32 Å². The van der Waals surface area contributed by atoms with Crippen LogP contribution in [0.15, 0.2) is 36.5 Å². The zero-order valence-electron chi connectivity index (χ0n) is 15.9. The molecule has 29 heavy (non-hydrogen) atoms. The fraction of sp³-hybridized carbons (Fsp3) is 0.300. The summed E-state index contributed by atoms with van der Waals surface area (Å²) in [4.78, 5) is 16.5. The second-order valence-corrected chi connectivity index (χ2v) is 7.90. The average molecular weight is 411 g/mol. The highest BCUT2D eigenvalue weighted by Gasteiger charge is 2.32. The smallest absolute Gasteiger partial charge is 0.309 e. The van der Waals surface area contributed by atoms with Crippen LogP contribution in [0.5, 0.6) is 0 Å². The van der Waals surface area contributed by atoms with Gasteiger partial charge in [-0.1, -0.05) is 20.8 Å². The number of carbonyl (C=O) groups excluding carboxylic acids is 1. The van der Waals surface area contributed by atoms with Crippen molar-refractivity contribution in [3.63, 3.8) is 0 Å². The van der Waals surface area contributed by atoms with Crippen LogP contribution in [0.25, 0.3) is 16.9 Å². The molecule has 0 radical (unpaired) electrons. The number of amides is 1. The van der Waals surface area contributed by atoms with Crippen molar-refractivity contribution in [1.29, 1.82) is 0 Å². The van der Waals surface area contributed by atoms with Gasteiger partial charge in [-0.25, -0.2) is 13.8 Å². The number of aromatic nitrogens is 2. The number of hydrogen-bond acceptors (Lipinski definition) is 2. The van der Waals surface area contributed by atoms with Crippen molar-refractivity contribution >= 4 is 17.4 Å². The molecule has 0 bridgehead atoms. The molecule has 3 rings (SSSR count). The Kier molecular flexibility index (Phi) is 5.10. The van der Waals surface area contributed by atoms with E-state index in [1.165, 1.54) is 10.5 Å². The first-order valence-corrected chi connectivity index (χ1v) is 8.69. The summed E-state index contributed by atoms with van der Waals surface area (Å²) in [5.74, 6) is -2.29. The quantitative estimate of drug-likeness (QED) is 0.564. The van der Waals surface area contributed by atoms with E-state index in [9.17, 15) is 26.7 Å². The SMILES string of the molecule is CC(C)(C)CC(=O)Nc1nc2ccc(F)cn2c1-c1cc(F)cc(C(F)(F)F)c1. The van der Waals surface area contributed by atoms with Gasteiger partial charge in [0.15, 0.2) is 5.82 Å². The lowest BCUT2D eigenvalue weighted by Crippen LogP contribution is -2.20. The lowest BCUT2D eigenvalue weighted by molar-refractivity contribution is -0.137. The fourth-order valence-electron chi connectivity index (χ4n) is 2.93. The summed E-state index contributed by atoms with van der Waals surface area (Å²) < 4.78 is 68.4. The number of nitrogens with one attached hydrogen (secondary N) is 1. The molecule has 0 atom stereocenters. The van der Waals surface area contributed by atoms with E-state index in [2.05, 4.69) is 10.3 Å². The largest absolute Gasteiger partial charge is 0.416 e. The Morgan fingerprint density at radius 3 is 2.38 bits per heavy atom. The van der Waals surface area contributed by atoms with E-state index in [0.717, 1.165) is 24.4 Å². The van der Waals surface area contributed by atoms with Gasteiger partial charge in [-0.3, -0.25) is 9.20 Å². The fourth-order valence-corrected chi connectivity index (χ4v) is 2.93. The monoisotopic (exact) mass is 411 g/mol. The van der Waals surface area contributed by atoms with E-state index >= 15 is 0 Å². The Labute approximate surface area is 163 Å². The highest BCUT2D eigenvalue weighted by atomic mass is 19.4. The lowest BCUT2D eigenvalue weighted by atomic mass is 9.92. The van der Waals surface area contributed by atoms with Gasteiger partial charge >= 0.3 is 6.18 Å². The first-order chi connectivity index (χ1) is 13.3. The summed E-state index contributed by atoms with van der Waals surface area (Å²) in [6, 6.07) is 4.41. The van der Waals surface area contributed by atoms with Crippen LogP contribution in [-0.2, 0) is 11.0 Å². The number of anilines is 1. The zero-order valence-corrected chi connectivity index (χ0v) is 15.9. The van der Waals surface area contributed by atoms with Crippen LogP contribution in [-0.4, -0.2) is 15.3 Å². The summed E-state index contributed by atoms with van der Waals surface area (Å²) >= 11 is 0. The molecule has 2 heterocycles. The van der Waals surface area contributed by atoms with Crippen molar-refractivity contribution in [1.82, 2.24) is 9.38 Å². The first kappa shape index (κ1) is 20.8. The maximum Gasteiger partial charge on any atom is 0.416 e. The Balaban J connectivity index is 2.19. The Bertz CT molecular complexity index is 1080. The predicted molar refractivity (Wildman–Crippen MR) is 98.2 cm³/mol. The molecular weight excluding hydrogens is 393 g/mol. The third kappa shape index (κ3) is 4.72. The number of benzene rings is 1. The number of nitrogens with zero attached hydrogens (tertiary/aromatic N) is 2. The maximum absolute atomic E-state index is 14.0. The molecule has 0 spiro atoms. The summed E-state index contributed by atoms with van der Waals surface area (Å²) in [5, 5.41) is 2.56. The van der Waals surface area contributed by atoms with Crippen molar-refractivity contribution in [2.45, 2.75) is 33.4 Å². The van der Waals surface area contributed by atoms with Gasteiger partial charge in [0.25, 0.3) is 0 Å². The van der Waals surface area contributed by atoms with Gasteiger partial charge in [-0.05, 0) is 35.7 Å². The van der Waals surface area contributed by atoms with E-state index in [-0.39, 0.29) is 34.6 Å². The summed E-state index contributed by atoms with van der Waals surface area (Å²) in [5.41, 5.74) is -1.61. The van der Waals surface area contributed by atoms with Crippen LogP contribution in [0.3, 0.4) is 0 Å². The normalized spacial score (nSPS) is 12.4. The molecule has 0 saturated carbocycles. The van der Waals surface area contributed by atoms with Gasteiger partial charge in [0.1, 0.15) is 17.3 Å².